The maximum Gasteiger partial charge on any atom is 0.390 e. The lowest BCUT2D eigenvalue weighted by Crippen LogP contribution is -2.20. The standard InChI is InChI=1S/C8H8ClF3N2/c9-7-2-1-5(4-14-7)6(13)3-8(10,11)12/h1-2,4,6H,3,13H2/t6-/m1/s1. The van der Waals surface area contributed by atoms with Gasteiger partial charge in [0.1, 0.15) is 5.15 Å². The SMILES string of the molecule is N[C@H](CC(F)(F)F)c1ccc(Cl)nc1. The lowest BCUT2D eigenvalue weighted by atomic mass is 10.1. The van der Waals surface area contributed by atoms with E-state index in [1.807, 2.05) is 0 Å². The van der Waals surface area contributed by atoms with Crippen molar-refractivity contribution < 1.29 is 13.2 Å². The Hall–Kier alpha value is -0.810. The van der Waals surface area contributed by atoms with Crippen molar-refractivity contribution in [3.05, 3.63) is 29.0 Å². The molecular weight excluding hydrogens is 217 g/mol. The third-order valence-electron chi connectivity index (χ3n) is 1.63. The Balaban J connectivity index is 2.70. The maximum absolute atomic E-state index is 11.9. The van der Waals surface area contributed by atoms with Crippen LogP contribution in [-0.4, -0.2) is 11.2 Å². The fourth-order valence-corrected chi connectivity index (χ4v) is 1.09. The first-order valence-electron chi connectivity index (χ1n) is 3.82. The summed E-state index contributed by atoms with van der Waals surface area (Å²) in [7, 11) is 0. The van der Waals surface area contributed by atoms with E-state index in [2.05, 4.69) is 4.98 Å². The second kappa shape index (κ2) is 4.14. The van der Waals surface area contributed by atoms with Crippen molar-refractivity contribution >= 4 is 11.6 Å². The summed E-state index contributed by atoms with van der Waals surface area (Å²) in [5.74, 6) is 0. The van der Waals surface area contributed by atoms with Gasteiger partial charge in [-0.05, 0) is 11.6 Å². The van der Waals surface area contributed by atoms with Gasteiger partial charge in [-0.15, -0.1) is 0 Å². The first-order chi connectivity index (χ1) is 6.38. The van der Waals surface area contributed by atoms with Gasteiger partial charge in [-0.25, -0.2) is 4.98 Å². The first-order valence-corrected chi connectivity index (χ1v) is 4.20. The van der Waals surface area contributed by atoms with Crippen LogP contribution in [-0.2, 0) is 0 Å². The van der Waals surface area contributed by atoms with Gasteiger partial charge < -0.3 is 5.73 Å². The average molecular weight is 225 g/mol. The number of alkyl halides is 3. The van der Waals surface area contributed by atoms with E-state index in [-0.39, 0.29) is 5.15 Å². The average Bonchev–Trinajstić information content (AvgIpc) is 2.02. The summed E-state index contributed by atoms with van der Waals surface area (Å²) >= 11 is 5.48. The predicted molar refractivity (Wildman–Crippen MR) is 46.8 cm³/mol. The van der Waals surface area contributed by atoms with Crippen LogP contribution >= 0.6 is 11.6 Å². The molecule has 78 valence electrons. The van der Waals surface area contributed by atoms with Crippen molar-refractivity contribution in [2.45, 2.75) is 18.6 Å². The zero-order valence-corrected chi connectivity index (χ0v) is 7.81. The molecule has 0 fully saturated rings. The summed E-state index contributed by atoms with van der Waals surface area (Å²) in [6.07, 6.45) is -4.08. The molecule has 0 aliphatic rings. The van der Waals surface area contributed by atoms with Crippen LogP contribution in [0.5, 0.6) is 0 Å². The normalized spacial score (nSPS) is 14.1. The summed E-state index contributed by atoms with van der Waals surface area (Å²) in [4.78, 5) is 3.65. The van der Waals surface area contributed by atoms with Crippen LogP contribution in [0.15, 0.2) is 18.3 Å². The van der Waals surface area contributed by atoms with Crippen LogP contribution in [0.3, 0.4) is 0 Å². The maximum atomic E-state index is 11.9. The summed E-state index contributed by atoms with van der Waals surface area (Å²) in [6, 6.07) is 1.76. The van der Waals surface area contributed by atoms with E-state index in [1.54, 1.807) is 0 Å². The van der Waals surface area contributed by atoms with Gasteiger partial charge in [-0.3, -0.25) is 0 Å². The highest BCUT2D eigenvalue weighted by Crippen LogP contribution is 2.27. The number of hydrogen-bond donors (Lipinski definition) is 1. The molecule has 1 atom stereocenters. The summed E-state index contributed by atoms with van der Waals surface area (Å²) in [5.41, 5.74) is 5.65. The second-order valence-electron chi connectivity index (χ2n) is 2.84. The van der Waals surface area contributed by atoms with Crippen LogP contribution in [0.4, 0.5) is 13.2 Å². The van der Waals surface area contributed by atoms with Crippen LogP contribution in [0.25, 0.3) is 0 Å². The minimum atomic E-state index is -4.26. The molecule has 0 saturated heterocycles. The first kappa shape index (κ1) is 11.3. The Kier molecular flexibility index (Phi) is 3.34. The molecule has 1 aromatic rings. The molecule has 1 aromatic heterocycles. The van der Waals surface area contributed by atoms with Gasteiger partial charge in [0.15, 0.2) is 0 Å². The molecule has 0 spiro atoms. The van der Waals surface area contributed by atoms with Crippen LogP contribution in [0.2, 0.25) is 5.15 Å². The quantitative estimate of drug-likeness (QED) is 0.785. The van der Waals surface area contributed by atoms with Crippen molar-refractivity contribution in [1.29, 1.82) is 0 Å². The molecule has 2 N–H and O–H groups in total. The number of halogens is 4. The van der Waals surface area contributed by atoms with Crippen LogP contribution in [0, 0.1) is 0 Å². The highest BCUT2D eigenvalue weighted by Gasteiger charge is 2.30. The molecule has 0 amide bonds. The third kappa shape index (κ3) is 3.51. The van der Waals surface area contributed by atoms with E-state index in [9.17, 15) is 13.2 Å². The van der Waals surface area contributed by atoms with Crippen LogP contribution < -0.4 is 5.73 Å². The van der Waals surface area contributed by atoms with Crippen LogP contribution in [0.1, 0.15) is 18.0 Å². The van der Waals surface area contributed by atoms with Gasteiger partial charge in [0.2, 0.25) is 0 Å². The number of nitrogens with two attached hydrogens (primary N) is 1. The Morgan fingerprint density at radius 3 is 2.50 bits per heavy atom. The molecular formula is C8H8ClF3N2. The Bertz CT molecular complexity index is 296. The smallest absolute Gasteiger partial charge is 0.324 e. The monoisotopic (exact) mass is 224 g/mol. The Morgan fingerprint density at radius 1 is 1.43 bits per heavy atom. The second-order valence-corrected chi connectivity index (χ2v) is 3.23. The molecule has 1 rings (SSSR count). The van der Waals surface area contributed by atoms with E-state index < -0.39 is 18.6 Å². The number of nitrogens with zero attached hydrogens (tertiary/aromatic N) is 1. The molecule has 0 aliphatic carbocycles. The summed E-state index contributed by atoms with van der Waals surface area (Å²) in [5, 5.41) is 0.230. The van der Waals surface area contributed by atoms with Gasteiger partial charge in [0.05, 0.1) is 6.42 Å². The molecule has 14 heavy (non-hydrogen) atoms. The number of aromatic nitrogens is 1. The van der Waals surface area contributed by atoms with E-state index in [4.69, 9.17) is 17.3 Å². The molecule has 0 saturated carbocycles. The highest BCUT2D eigenvalue weighted by atomic mass is 35.5. The van der Waals surface area contributed by atoms with Crippen molar-refractivity contribution in [2.75, 3.05) is 0 Å². The lowest BCUT2D eigenvalue weighted by molar-refractivity contribution is -0.138. The molecule has 2 nitrogen and oxygen atoms in total. The fourth-order valence-electron chi connectivity index (χ4n) is 0.974. The Labute approximate surface area is 83.9 Å². The minimum Gasteiger partial charge on any atom is -0.324 e. The van der Waals surface area contributed by atoms with Gasteiger partial charge >= 0.3 is 6.18 Å². The van der Waals surface area contributed by atoms with Gasteiger partial charge in [-0.2, -0.15) is 13.2 Å². The molecule has 0 aliphatic heterocycles. The van der Waals surface area contributed by atoms with Gasteiger partial charge in [-0.1, -0.05) is 17.7 Å². The predicted octanol–water partition coefficient (Wildman–Crippen LogP) is 2.69. The summed E-state index contributed by atoms with van der Waals surface area (Å²) in [6.45, 7) is 0. The van der Waals surface area contributed by atoms with E-state index in [0.29, 0.717) is 5.56 Å². The largest absolute Gasteiger partial charge is 0.390 e. The molecule has 0 bridgehead atoms. The van der Waals surface area contributed by atoms with Crippen molar-refractivity contribution in [3.8, 4) is 0 Å². The molecule has 1 heterocycles. The summed E-state index contributed by atoms with van der Waals surface area (Å²) < 4.78 is 35.8. The third-order valence-corrected chi connectivity index (χ3v) is 1.85. The molecule has 6 heteroatoms. The minimum absolute atomic E-state index is 0.230. The highest BCUT2D eigenvalue weighted by molar-refractivity contribution is 6.29. The van der Waals surface area contributed by atoms with Gasteiger partial charge in [0.25, 0.3) is 0 Å². The number of rotatable bonds is 2. The van der Waals surface area contributed by atoms with Crippen molar-refractivity contribution in [3.63, 3.8) is 0 Å². The van der Waals surface area contributed by atoms with Crippen molar-refractivity contribution in [2.24, 2.45) is 5.73 Å². The van der Waals surface area contributed by atoms with E-state index in [1.165, 1.54) is 18.3 Å². The van der Waals surface area contributed by atoms with Crippen molar-refractivity contribution in [1.82, 2.24) is 4.98 Å². The zero-order valence-electron chi connectivity index (χ0n) is 7.05. The number of pyridine rings is 1. The van der Waals surface area contributed by atoms with E-state index >= 15 is 0 Å². The van der Waals surface area contributed by atoms with Gasteiger partial charge in [0, 0.05) is 12.2 Å². The van der Waals surface area contributed by atoms with E-state index in [0.717, 1.165) is 0 Å². The fraction of sp³-hybridized carbons (Fsp3) is 0.375. The Morgan fingerprint density at radius 2 is 2.07 bits per heavy atom. The zero-order chi connectivity index (χ0) is 10.8. The molecule has 0 radical (unpaired) electrons. The topological polar surface area (TPSA) is 38.9 Å². The number of hydrogen-bond acceptors (Lipinski definition) is 2. The molecule has 0 aromatic carbocycles. The molecule has 0 unspecified atom stereocenters. The lowest BCUT2D eigenvalue weighted by Gasteiger charge is -2.13.